The van der Waals surface area contributed by atoms with Gasteiger partial charge in [-0.05, 0) is 42.0 Å². The highest BCUT2D eigenvalue weighted by Gasteiger charge is 2.17. The number of nitrogens with one attached hydrogen (secondary N) is 1. The molecule has 0 radical (unpaired) electrons. The van der Waals surface area contributed by atoms with E-state index in [1.165, 1.54) is 12.1 Å². The van der Waals surface area contributed by atoms with Gasteiger partial charge in [0.25, 0.3) is 0 Å². The molecule has 1 aliphatic rings. The normalized spacial score (nSPS) is 12.5. The van der Waals surface area contributed by atoms with E-state index in [2.05, 4.69) is 5.32 Å². The van der Waals surface area contributed by atoms with Crippen LogP contribution in [-0.2, 0) is 6.54 Å². The maximum absolute atomic E-state index is 12.8. The SMILES string of the molecule is Fc1ccc(NCc2cc(Cl)c3c(c2)OCO3)cc1. The molecule has 0 amide bonds. The molecular formula is C14H11ClFNO2. The van der Waals surface area contributed by atoms with Gasteiger partial charge in [-0.15, -0.1) is 0 Å². The van der Waals surface area contributed by atoms with E-state index < -0.39 is 0 Å². The number of anilines is 1. The standard InChI is InChI=1S/C14H11ClFNO2/c15-12-5-9(6-13-14(12)19-8-18-13)7-17-11-3-1-10(16)2-4-11/h1-6,17H,7-8H2. The first-order chi connectivity index (χ1) is 9.22. The summed E-state index contributed by atoms with van der Waals surface area (Å²) in [5.74, 6) is 0.993. The van der Waals surface area contributed by atoms with Crippen molar-refractivity contribution in [3.05, 3.63) is 52.8 Å². The van der Waals surface area contributed by atoms with Gasteiger partial charge in [0.15, 0.2) is 11.5 Å². The summed E-state index contributed by atoms with van der Waals surface area (Å²) in [4.78, 5) is 0. The molecule has 5 heteroatoms. The molecule has 0 aromatic heterocycles. The Kier molecular flexibility index (Phi) is 3.17. The van der Waals surface area contributed by atoms with Crippen LogP contribution in [0.2, 0.25) is 5.02 Å². The van der Waals surface area contributed by atoms with Crippen molar-refractivity contribution < 1.29 is 13.9 Å². The summed E-state index contributed by atoms with van der Waals surface area (Å²) in [6.45, 7) is 0.770. The van der Waals surface area contributed by atoms with E-state index in [-0.39, 0.29) is 12.6 Å². The fourth-order valence-corrected chi connectivity index (χ4v) is 2.18. The summed E-state index contributed by atoms with van der Waals surface area (Å²) in [6, 6.07) is 9.90. The second-order valence-corrected chi connectivity index (χ2v) is 4.58. The fourth-order valence-electron chi connectivity index (χ4n) is 1.89. The van der Waals surface area contributed by atoms with Crippen molar-refractivity contribution in [2.45, 2.75) is 6.54 Å². The van der Waals surface area contributed by atoms with Crippen molar-refractivity contribution in [1.82, 2.24) is 0 Å². The van der Waals surface area contributed by atoms with Crippen LogP contribution in [0.5, 0.6) is 11.5 Å². The third-order valence-corrected chi connectivity index (χ3v) is 3.11. The first-order valence-electron chi connectivity index (χ1n) is 5.80. The van der Waals surface area contributed by atoms with E-state index in [1.54, 1.807) is 12.1 Å². The second kappa shape index (κ2) is 4.97. The molecule has 3 rings (SSSR count). The topological polar surface area (TPSA) is 30.5 Å². The van der Waals surface area contributed by atoms with Crippen LogP contribution in [-0.4, -0.2) is 6.79 Å². The quantitative estimate of drug-likeness (QED) is 0.926. The summed E-state index contributed by atoms with van der Waals surface area (Å²) < 4.78 is 23.3. The average Bonchev–Trinajstić information content (AvgIpc) is 2.87. The number of ether oxygens (including phenoxy) is 2. The third-order valence-electron chi connectivity index (χ3n) is 2.83. The third kappa shape index (κ3) is 2.58. The van der Waals surface area contributed by atoms with Crippen molar-refractivity contribution in [3.63, 3.8) is 0 Å². The molecule has 0 saturated carbocycles. The molecule has 1 N–H and O–H groups in total. The van der Waals surface area contributed by atoms with E-state index >= 15 is 0 Å². The van der Waals surface area contributed by atoms with Crippen LogP contribution < -0.4 is 14.8 Å². The first-order valence-corrected chi connectivity index (χ1v) is 6.17. The molecule has 0 aliphatic carbocycles. The molecule has 1 heterocycles. The molecule has 98 valence electrons. The Hall–Kier alpha value is -1.94. The highest BCUT2D eigenvalue weighted by Crippen LogP contribution is 2.39. The zero-order valence-electron chi connectivity index (χ0n) is 9.95. The molecule has 2 aromatic carbocycles. The number of hydrogen-bond acceptors (Lipinski definition) is 3. The first kappa shape index (κ1) is 12.1. The van der Waals surface area contributed by atoms with Crippen LogP contribution in [0.3, 0.4) is 0 Å². The smallest absolute Gasteiger partial charge is 0.231 e. The Morgan fingerprint density at radius 1 is 1.16 bits per heavy atom. The van der Waals surface area contributed by atoms with Crippen molar-refractivity contribution >= 4 is 17.3 Å². The number of rotatable bonds is 3. The van der Waals surface area contributed by atoms with E-state index in [0.29, 0.717) is 23.1 Å². The lowest BCUT2D eigenvalue weighted by Crippen LogP contribution is -1.99. The largest absolute Gasteiger partial charge is 0.454 e. The highest BCUT2D eigenvalue weighted by atomic mass is 35.5. The maximum atomic E-state index is 12.8. The van der Waals surface area contributed by atoms with Crippen molar-refractivity contribution in [2.24, 2.45) is 0 Å². The van der Waals surface area contributed by atoms with Crippen molar-refractivity contribution in [1.29, 1.82) is 0 Å². The molecule has 19 heavy (non-hydrogen) atoms. The van der Waals surface area contributed by atoms with Crippen LogP contribution >= 0.6 is 11.6 Å². The molecular weight excluding hydrogens is 269 g/mol. The predicted molar refractivity (Wildman–Crippen MR) is 71.3 cm³/mol. The van der Waals surface area contributed by atoms with Crippen molar-refractivity contribution in [2.75, 3.05) is 12.1 Å². The Bertz CT molecular complexity index is 601. The Labute approximate surface area is 114 Å². The lowest BCUT2D eigenvalue weighted by atomic mass is 10.2. The van der Waals surface area contributed by atoms with Crippen LogP contribution in [0, 0.1) is 5.82 Å². The van der Waals surface area contributed by atoms with E-state index in [1.807, 2.05) is 12.1 Å². The zero-order valence-corrected chi connectivity index (χ0v) is 10.7. The molecule has 1 aliphatic heterocycles. The van der Waals surface area contributed by atoms with Gasteiger partial charge >= 0.3 is 0 Å². The number of fused-ring (bicyclic) bond motifs is 1. The fraction of sp³-hybridized carbons (Fsp3) is 0.143. The number of benzene rings is 2. The molecule has 0 saturated heterocycles. The summed E-state index contributed by atoms with van der Waals surface area (Å²) in [5.41, 5.74) is 1.81. The molecule has 2 aromatic rings. The maximum Gasteiger partial charge on any atom is 0.231 e. The summed E-state index contributed by atoms with van der Waals surface area (Å²) in [7, 11) is 0. The zero-order chi connectivity index (χ0) is 13.2. The molecule has 0 atom stereocenters. The Morgan fingerprint density at radius 3 is 2.74 bits per heavy atom. The van der Waals surface area contributed by atoms with Gasteiger partial charge in [0, 0.05) is 12.2 Å². The number of hydrogen-bond donors (Lipinski definition) is 1. The minimum atomic E-state index is -0.253. The van der Waals surface area contributed by atoms with Crippen LogP contribution in [0.4, 0.5) is 10.1 Å². The van der Waals surface area contributed by atoms with Gasteiger partial charge in [0.2, 0.25) is 6.79 Å². The molecule has 0 spiro atoms. The van der Waals surface area contributed by atoms with E-state index in [0.717, 1.165) is 11.3 Å². The number of halogens is 2. The molecule has 0 unspecified atom stereocenters. The van der Waals surface area contributed by atoms with Crippen LogP contribution in [0.25, 0.3) is 0 Å². The minimum Gasteiger partial charge on any atom is -0.454 e. The van der Waals surface area contributed by atoms with Gasteiger partial charge in [-0.3, -0.25) is 0 Å². The highest BCUT2D eigenvalue weighted by molar-refractivity contribution is 6.32. The van der Waals surface area contributed by atoms with Gasteiger partial charge in [-0.1, -0.05) is 11.6 Å². The monoisotopic (exact) mass is 279 g/mol. The average molecular weight is 280 g/mol. The summed E-state index contributed by atoms with van der Waals surface area (Å²) in [5, 5.41) is 3.72. The lowest BCUT2D eigenvalue weighted by molar-refractivity contribution is 0.174. The van der Waals surface area contributed by atoms with Crippen LogP contribution in [0.15, 0.2) is 36.4 Å². The Balaban J connectivity index is 1.73. The molecule has 0 fully saturated rings. The molecule has 0 bridgehead atoms. The van der Waals surface area contributed by atoms with Gasteiger partial charge < -0.3 is 14.8 Å². The predicted octanol–water partition coefficient (Wildman–Crippen LogP) is 3.82. The summed E-state index contributed by atoms with van der Waals surface area (Å²) >= 11 is 6.09. The van der Waals surface area contributed by atoms with Gasteiger partial charge in [0.1, 0.15) is 5.82 Å². The molecule has 3 nitrogen and oxygen atoms in total. The van der Waals surface area contributed by atoms with Gasteiger partial charge in [-0.2, -0.15) is 0 Å². The second-order valence-electron chi connectivity index (χ2n) is 4.17. The van der Waals surface area contributed by atoms with Gasteiger partial charge in [0.05, 0.1) is 5.02 Å². The Morgan fingerprint density at radius 2 is 1.95 bits per heavy atom. The van der Waals surface area contributed by atoms with Crippen LogP contribution in [0.1, 0.15) is 5.56 Å². The van der Waals surface area contributed by atoms with E-state index in [9.17, 15) is 4.39 Å². The van der Waals surface area contributed by atoms with E-state index in [4.69, 9.17) is 21.1 Å². The lowest BCUT2D eigenvalue weighted by Gasteiger charge is -2.08. The summed E-state index contributed by atoms with van der Waals surface area (Å²) in [6.07, 6.45) is 0. The minimum absolute atomic E-state index is 0.198. The van der Waals surface area contributed by atoms with Crippen molar-refractivity contribution in [3.8, 4) is 11.5 Å². The van der Waals surface area contributed by atoms with Gasteiger partial charge in [-0.25, -0.2) is 4.39 Å².